The van der Waals surface area contributed by atoms with E-state index in [1.54, 1.807) is 0 Å². The molecule has 3 heteroatoms. The van der Waals surface area contributed by atoms with Gasteiger partial charge in [0.15, 0.2) is 0 Å². The van der Waals surface area contributed by atoms with Gasteiger partial charge in [-0.05, 0) is 24.0 Å². The van der Waals surface area contributed by atoms with Crippen molar-refractivity contribution < 1.29 is 4.79 Å². The molecule has 100 valence electrons. The fourth-order valence-corrected chi connectivity index (χ4v) is 1.85. The number of hydrazine groups is 1. The Kier molecular flexibility index (Phi) is 5.86. The fourth-order valence-electron chi connectivity index (χ4n) is 1.85. The number of hydrogen-bond acceptors (Lipinski definition) is 2. The Morgan fingerprint density at radius 3 is 2.00 bits per heavy atom. The summed E-state index contributed by atoms with van der Waals surface area (Å²) in [6.07, 6.45) is 0. The van der Waals surface area contributed by atoms with Crippen LogP contribution < -0.4 is 5.43 Å². The van der Waals surface area contributed by atoms with Gasteiger partial charge in [-0.2, -0.15) is 0 Å². The predicted molar refractivity (Wildman–Crippen MR) is 75.2 cm³/mol. The molecule has 1 rings (SSSR count). The van der Waals surface area contributed by atoms with E-state index in [-0.39, 0.29) is 5.91 Å². The Morgan fingerprint density at radius 1 is 1.06 bits per heavy atom. The average Bonchev–Trinajstić information content (AvgIpc) is 2.28. The van der Waals surface area contributed by atoms with Crippen molar-refractivity contribution in [1.29, 1.82) is 0 Å². The van der Waals surface area contributed by atoms with Gasteiger partial charge >= 0.3 is 0 Å². The van der Waals surface area contributed by atoms with Gasteiger partial charge in [-0.15, -0.1) is 0 Å². The van der Waals surface area contributed by atoms with E-state index >= 15 is 0 Å². The molecule has 0 fully saturated rings. The van der Waals surface area contributed by atoms with Crippen molar-refractivity contribution in [2.45, 2.75) is 27.7 Å². The summed E-state index contributed by atoms with van der Waals surface area (Å²) < 4.78 is 0. The first kappa shape index (κ1) is 14.7. The summed E-state index contributed by atoms with van der Waals surface area (Å²) in [5.41, 5.74) is 3.69. The molecule has 0 radical (unpaired) electrons. The first-order valence-electron chi connectivity index (χ1n) is 6.60. The van der Waals surface area contributed by atoms with E-state index in [9.17, 15) is 4.79 Å². The van der Waals surface area contributed by atoms with Crippen LogP contribution in [0.2, 0.25) is 0 Å². The highest BCUT2D eigenvalue weighted by molar-refractivity contribution is 5.93. The van der Waals surface area contributed by atoms with Gasteiger partial charge in [0.1, 0.15) is 0 Å². The highest BCUT2D eigenvalue weighted by atomic mass is 16.2. The Bertz CT molecular complexity index is 350. The van der Waals surface area contributed by atoms with Crippen molar-refractivity contribution in [1.82, 2.24) is 10.4 Å². The third-order valence-electron chi connectivity index (χ3n) is 2.47. The summed E-state index contributed by atoms with van der Waals surface area (Å²) >= 11 is 0. The molecule has 0 bridgehead atoms. The van der Waals surface area contributed by atoms with Crippen LogP contribution in [0.3, 0.4) is 0 Å². The molecule has 1 amide bonds. The van der Waals surface area contributed by atoms with Crippen LogP contribution in [0, 0.1) is 11.8 Å². The van der Waals surface area contributed by atoms with E-state index < -0.39 is 0 Å². The van der Waals surface area contributed by atoms with E-state index in [1.165, 1.54) is 0 Å². The van der Waals surface area contributed by atoms with Gasteiger partial charge in [0, 0.05) is 18.7 Å². The molecular formula is C15H24N2O. The van der Waals surface area contributed by atoms with E-state index in [1.807, 2.05) is 35.3 Å². The number of nitrogens with zero attached hydrogens (tertiary/aromatic N) is 1. The van der Waals surface area contributed by atoms with Gasteiger partial charge in [0.05, 0.1) is 0 Å². The lowest BCUT2D eigenvalue weighted by molar-refractivity contribution is 0.0740. The molecule has 0 aliphatic rings. The average molecular weight is 248 g/mol. The summed E-state index contributed by atoms with van der Waals surface area (Å²) in [6.45, 7) is 10.4. The standard InChI is InChI=1S/C15H24N2O/c1-12(2)10-17(11-13(3)4)16-15(18)14-8-6-5-7-9-14/h5-9,12-13H,10-11H2,1-4H3,(H,16,18). The van der Waals surface area contributed by atoms with E-state index in [2.05, 4.69) is 33.1 Å². The SMILES string of the molecule is CC(C)CN(CC(C)C)NC(=O)c1ccccc1. The summed E-state index contributed by atoms with van der Waals surface area (Å²) in [6, 6.07) is 9.33. The van der Waals surface area contributed by atoms with E-state index in [4.69, 9.17) is 0 Å². The lowest BCUT2D eigenvalue weighted by atomic mass is 10.2. The Labute approximate surface area is 110 Å². The van der Waals surface area contributed by atoms with Crippen LogP contribution in [0.5, 0.6) is 0 Å². The zero-order valence-corrected chi connectivity index (χ0v) is 11.8. The number of carbonyl (C=O) groups is 1. The minimum atomic E-state index is -0.0306. The highest BCUT2D eigenvalue weighted by Gasteiger charge is 2.13. The first-order chi connectivity index (χ1) is 8.49. The molecule has 1 aromatic carbocycles. The zero-order valence-electron chi connectivity index (χ0n) is 11.8. The molecule has 0 aromatic heterocycles. The smallest absolute Gasteiger partial charge is 0.265 e. The summed E-state index contributed by atoms with van der Waals surface area (Å²) in [7, 11) is 0. The predicted octanol–water partition coefficient (Wildman–Crippen LogP) is 2.95. The third kappa shape index (κ3) is 5.32. The molecular weight excluding hydrogens is 224 g/mol. The quantitative estimate of drug-likeness (QED) is 0.785. The third-order valence-corrected chi connectivity index (χ3v) is 2.47. The molecule has 0 atom stereocenters. The minimum absolute atomic E-state index is 0.0306. The van der Waals surface area contributed by atoms with E-state index in [0.717, 1.165) is 13.1 Å². The van der Waals surface area contributed by atoms with Gasteiger partial charge in [-0.25, -0.2) is 5.01 Å². The van der Waals surface area contributed by atoms with Crippen LogP contribution >= 0.6 is 0 Å². The summed E-state index contributed by atoms with van der Waals surface area (Å²) in [5, 5.41) is 2.02. The zero-order chi connectivity index (χ0) is 13.5. The molecule has 0 heterocycles. The maximum Gasteiger partial charge on any atom is 0.265 e. The molecule has 0 aliphatic carbocycles. The van der Waals surface area contributed by atoms with Crippen molar-refractivity contribution >= 4 is 5.91 Å². The maximum atomic E-state index is 12.1. The van der Waals surface area contributed by atoms with Gasteiger partial charge < -0.3 is 0 Å². The largest absolute Gasteiger partial charge is 0.285 e. The van der Waals surface area contributed by atoms with E-state index in [0.29, 0.717) is 17.4 Å². The fraction of sp³-hybridized carbons (Fsp3) is 0.533. The van der Waals surface area contributed by atoms with Gasteiger partial charge in [0.2, 0.25) is 0 Å². The monoisotopic (exact) mass is 248 g/mol. The second-order valence-electron chi connectivity index (χ2n) is 5.50. The molecule has 1 aromatic rings. The van der Waals surface area contributed by atoms with Crippen LogP contribution in [0.4, 0.5) is 0 Å². The van der Waals surface area contributed by atoms with Crippen molar-refractivity contribution in [3.63, 3.8) is 0 Å². The first-order valence-corrected chi connectivity index (χ1v) is 6.60. The number of hydrogen-bond donors (Lipinski definition) is 1. The van der Waals surface area contributed by atoms with Crippen LogP contribution in [-0.4, -0.2) is 24.0 Å². The summed E-state index contributed by atoms with van der Waals surface area (Å²) in [4.78, 5) is 12.1. The lowest BCUT2D eigenvalue weighted by Gasteiger charge is -2.26. The van der Waals surface area contributed by atoms with Crippen molar-refractivity contribution in [2.75, 3.05) is 13.1 Å². The second-order valence-corrected chi connectivity index (χ2v) is 5.50. The van der Waals surface area contributed by atoms with Crippen LogP contribution in [-0.2, 0) is 0 Å². The van der Waals surface area contributed by atoms with Crippen LogP contribution in [0.1, 0.15) is 38.1 Å². The normalized spacial score (nSPS) is 11.3. The number of amides is 1. The highest BCUT2D eigenvalue weighted by Crippen LogP contribution is 2.03. The van der Waals surface area contributed by atoms with Gasteiger partial charge in [-0.3, -0.25) is 10.2 Å². The molecule has 0 spiro atoms. The van der Waals surface area contributed by atoms with Gasteiger partial charge in [0.25, 0.3) is 5.91 Å². The number of benzene rings is 1. The molecule has 1 N–H and O–H groups in total. The molecule has 3 nitrogen and oxygen atoms in total. The topological polar surface area (TPSA) is 32.3 Å². The Hall–Kier alpha value is -1.35. The molecule has 0 aliphatic heterocycles. The van der Waals surface area contributed by atoms with Gasteiger partial charge in [-0.1, -0.05) is 45.9 Å². The summed E-state index contributed by atoms with van der Waals surface area (Å²) in [5.74, 6) is 1.02. The number of nitrogens with one attached hydrogen (secondary N) is 1. The molecule has 0 saturated heterocycles. The van der Waals surface area contributed by atoms with Crippen LogP contribution in [0.25, 0.3) is 0 Å². The van der Waals surface area contributed by atoms with Crippen molar-refractivity contribution in [2.24, 2.45) is 11.8 Å². The molecule has 0 saturated carbocycles. The maximum absolute atomic E-state index is 12.1. The Morgan fingerprint density at radius 2 is 1.56 bits per heavy atom. The van der Waals surface area contributed by atoms with Crippen LogP contribution in [0.15, 0.2) is 30.3 Å². The van der Waals surface area contributed by atoms with Crippen molar-refractivity contribution in [3.05, 3.63) is 35.9 Å². The lowest BCUT2D eigenvalue weighted by Crippen LogP contribution is -2.45. The second kappa shape index (κ2) is 7.17. The minimum Gasteiger partial charge on any atom is -0.285 e. The Balaban J connectivity index is 2.62. The molecule has 18 heavy (non-hydrogen) atoms. The number of carbonyl (C=O) groups excluding carboxylic acids is 1. The number of rotatable bonds is 6. The van der Waals surface area contributed by atoms with Crippen molar-refractivity contribution in [3.8, 4) is 0 Å². The molecule has 0 unspecified atom stereocenters.